The maximum atomic E-state index is 11.1. The van der Waals surface area contributed by atoms with Crippen molar-refractivity contribution >= 4 is 14.1 Å². The fourth-order valence-electron chi connectivity index (χ4n) is 1.31. The Kier molecular flexibility index (Phi) is 2.94. The van der Waals surface area contributed by atoms with Gasteiger partial charge >= 0.3 is 0 Å². The molecular formula is C11H22O2Si. The Balaban J connectivity index is 2.57. The Morgan fingerprint density at radius 2 is 1.86 bits per heavy atom. The smallest absolute Gasteiger partial charge is 0.192 e. The first kappa shape index (κ1) is 11.9. The van der Waals surface area contributed by atoms with Crippen LogP contribution < -0.4 is 0 Å². The third kappa shape index (κ3) is 2.09. The number of hydrogen-bond acceptors (Lipinski definition) is 2. The van der Waals surface area contributed by atoms with E-state index >= 15 is 0 Å². The monoisotopic (exact) mass is 214 g/mol. The quantitative estimate of drug-likeness (QED) is 0.661. The van der Waals surface area contributed by atoms with Crippen LogP contribution in [0.1, 0.15) is 34.1 Å². The van der Waals surface area contributed by atoms with Crippen LogP contribution >= 0.6 is 0 Å². The summed E-state index contributed by atoms with van der Waals surface area (Å²) in [6.07, 6.45) is 0.830. The highest BCUT2D eigenvalue weighted by molar-refractivity contribution is 6.74. The summed E-state index contributed by atoms with van der Waals surface area (Å²) >= 11 is 0. The molecule has 82 valence electrons. The number of carbonyl (C=O) groups is 1. The van der Waals surface area contributed by atoms with Crippen LogP contribution in [0, 0.1) is 5.92 Å². The van der Waals surface area contributed by atoms with Crippen molar-refractivity contribution in [2.75, 3.05) is 0 Å². The minimum Gasteiger partial charge on any atom is -0.413 e. The van der Waals surface area contributed by atoms with E-state index in [-0.39, 0.29) is 17.1 Å². The second-order valence-electron chi connectivity index (χ2n) is 5.88. The van der Waals surface area contributed by atoms with Crippen LogP contribution in [0.5, 0.6) is 0 Å². The molecule has 0 aromatic carbocycles. The van der Waals surface area contributed by atoms with Crippen LogP contribution in [0.25, 0.3) is 0 Å². The summed E-state index contributed by atoms with van der Waals surface area (Å²) in [5, 5.41) is 0.241. The van der Waals surface area contributed by atoms with Gasteiger partial charge in [-0.15, -0.1) is 0 Å². The molecule has 1 aliphatic rings. The normalized spacial score (nSPS) is 28.9. The molecule has 1 aliphatic carbocycles. The zero-order chi connectivity index (χ0) is 11.1. The van der Waals surface area contributed by atoms with E-state index in [0.717, 1.165) is 0 Å². The van der Waals surface area contributed by atoms with Gasteiger partial charge in [-0.2, -0.15) is 0 Å². The summed E-state index contributed by atoms with van der Waals surface area (Å²) in [5.41, 5.74) is 0. The molecule has 0 heterocycles. The summed E-state index contributed by atoms with van der Waals surface area (Å²) in [7, 11) is -1.66. The molecule has 2 nitrogen and oxygen atoms in total. The molecule has 0 radical (unpaired) electrons. The fraction of sp³-hybridized carbons (Fsp3) is 0.909. The largest absolute Gasteiger partial charge is 0.413 e. The van der Waals surface area contributed by atoms with E-state index in [1.807, 2.05) is 6.92 Å². The van der Waals surface area contributed by atoms with Crippen LogP contribution in [0.4, 0.5) is 0 Å². The van der Waals surface area contributed by atoms with Crippen LogP contribution in [0.3, 0.4) is 0 Å². The van der Waals surface area contributed by atoms with Gasteiger partial charge in [-0.1, -0.05) is 27.7 Å². The van der Waals surface area contributed by atoms with Crippen molar-refractivity contribution in [1.29, 1.82) is 0 Å². The van der Waals surface area contributed by atoms with E-state index < -0.39 is 8.32 Å². The van der Waals surface area contributed by atoms with Gasteiger partial charge in [0.25, 0.3) is 0 Å². The molecule has 1 rings (SSSR count). The Labute approximate surface area is 88.2 Å². The number of Topliss-reactive ketones (excluding diaryl/α,β-unsaturated/α-hetero) is 1. The lowest BCUT2D eigenvalue weighted by molar-refractivity contribution is -0.137. The van der Waals surface area contributed by atoms with Gasteiger partial charge in [0, 0.05) is 12.3 Å². The molecule has 0 amide bonds. The number of hydrogen-bond donors (Lipinski definition) is 0. The minimum absolute atomic E-state index is 0.129. The molecule has 3 heteroatoms. The van der Waals surface area contributed by atoms with Gasteiger partial charge in [0.05, 0.1) is 6.10 Å². The third-order valence-corrected chi connectivity index (χ3v) is 8.22. The number of rotatable bonds is 2. The van der Waals surface area contributed by atoms with Gasteiger partial charge in [0.15, 0.2) is 8.32 Å². The van der Waals surface area contributed by atoms with E-state index in [1.54, 1.807) is 0 Å². The minimum atomic E-state index is -1.66. The summed E-state index contributed by atoms with van der Waals surface area (Å²) in [6.45, 7) is 13.1. The Bertz CT molecular complexity index is 240. The predicted molar refractivity (Wildman–Crippen MR) is 60.9 cm³/mol. The van der Waals surface area contributed by atoms with Gasteiger partial charge in [-0.25, -0.2) is 0 Å². The molecule has 1 fully saturated rings. The fourth-order valence-corrected chi connectivity index (χ4v) is 2.70. The highest BCUT2D eigenvalue weighted by Gasteiger charge is 2.45. The highest BCUT2D eigenvalue weighted by atomic mass is 28.4. The van der Waals surface area contributed by atoms with Crippen molar-refractivity contribution in [1.82, 2.24) is 0 Å². The maximum absolute atomic E-state index is 11.1. The molecule has 0 N–H and O–H groups in total. The van der Waals surface area contributed by atoms with E-state index in [9.17, 15) is 4.79 Å². The van der Waals surface area contributed by atoms with Crippen LogP contribution in [0.15, 0.2) is 0 Å². The van der Waals surface area contributed by atoms with Crippen LogP contribution in [-0.2, 0) is 9.22 Å². The molecular weight excluding hydrogens is 192 g/mol. The summed E-state index contributed by atoms with van der Waals surface area (Å²) < 4.78 is 6.14. The van der Waals surface area contributed by atoms with Crippen molar-refractivity contribution in [3.05, 3.63) is 0 Å². The van der Waals surface area contributed by atoms with Gasteiger partial charge < -0.3 is 4.43 Å². The van der Waals surface area contributed by atoms with E-state index in [2.05, 4.69) is 33.9 Å². The topological polar surface area (TPSA) is 26.3 Å². The zero-order valence-corrected chi connectivity index (χ0v) is 11.2. The Morgan fingerprint density at radius 1 is 1.36 bits per heavy atom. The standard InChI is InChI=1S/C11H22O2Si/c1-8-9(12)7-10(8)13-14(5,6)11(2,3)4/h8,10H,7H2,1-6H3. The van der Waals surface area contributed by atoms with Gasteiger partial charge in [0.2, 0.25) is 0 Å². The lowest BCUT2D eigenvalue weighted by Gasteiger charge is -2.44. The van der Waals surface area contributed by atoms with Crippen molar-refractivity contribution in [3.8, 4) is 0 Å². The Morgan fingerprint density at radius 3 is 2.14 bits per heavy atom. The first-order valence-corrected chi connectivity index (χ1v) is 8.26. The maximum Gasteiger partial charge on any atom is 0.192 e. The van der Waals surface area contributed by atoms with Gasteiger partial charge in [0.1, 0.15) is 5.78 Å². The van der Waals surface area contributed by atoms with E-state index in [4.69, 9.17) is 4.43 Å². The molecule has 0 aromatic heterocycles. The molecule has 14 heavy (non-hydrogen) atoms. The lowest BCUT2D eigenvalue weighted by atomic mass is 9.82. The van der Waals surface area contributed by atoms with Gasteiger partial charge in [-0.3, -0.25) is 4.79 Å². The lowest BCUT2D eigenvalue weighted by Crippen LogP contribution is -2.51. The van der Waals surface area contributed by atoms with Crippen molar-refractivity contribution in [2.45, 2.75) is 58.4 Å². The van der Waals surface area contributed by atoms with Crippen LogP contribution in [0.2, 0.25) is 18.1 Å². The summed E-state index contributed by atoms with van der Waals surface area (Å²) in [6, 6.07) is 0. The molecule has 2 unspecified atom stereocenters. The molecule has 0 bridgehead atoms. The first-order valence-electron chi connectivity index (χ1n) is 5.36. The third-order valence-electron chi connectivity index (χ3n) is 3.72. The van der Waals surface area contributed by atoms with Crippen molar-refractivity contribution < 1.29 is 9.22 Å². The second kappa shape index (κ2) is 3.45. The molecule has 0 spiro atoms. The van der Waals surface area contributed by atoms with E-state index in [1.165, 1.54) is 0 Å². The molecule has 2 atom stereocenters. The Hall–Kier alpha value is -0.153. The average Bonchev–Trinajstić information content (AvgIpc) is 2.01. The van der Waals surface area contributed by atoms with Crippen molar-refractivity contribution in [3.63, 3.8) is 0 Å². The summed E-state index contributed by atoms with van der Waals surface area (Å²) in [4.78, 5) is 11.1. The van der Waals surface area contributed by atoms with E-state index in [0.29, 0.717) is 12.2 Å². The molecule has 0 aromatic rings. The highest BCUT2D eigenvalue weighted by Crippen LogP contribution is 2.40. The SMILES string of the molecule is CC1C(=O)CC1O[Si](C)(C)C(C)(C)C. The number of ketones is 1. The predicted octanol–water partition coefficient (Wildman–Crippen LogP) is 2.99. The average molecular weight is 214 g/mol. The van der Waals surface area contributed by atoms with Crippen LogP contribution in [-0.4, -0.2) is 20.2 Å². The summed E-state index contributed by atoms with van der Waals surface area (Å²) in [5.74, 6) is 0.484. The molecule has 1 saturated carbocycles. The van der Waals surface area contributed by atoms with Crippen molar-refractivity contribution in [2.24, 2.45) is 5.92 Å². The molecule has 0 saturated heterocycles. The second-order valence-corrected chi connectivity index (χ2v) is 10.6. The first-order chi connectivity index (χ1) is 6.15. The zero-order valence-electron chi connectivity index (χ0n) is 10.2. The molecule has 0 aliphatic heterocycles. The number of carbonyl (C=O) groups excluding carboxylic acids is 1. The van der Waals surface area contributed by atoms with Gasteiger partial charge in [-0.05, 0) is 18.1 Å².